The number of halogens is 3. The SMILES string of the molecule is OB(O)O.[Zn][c]1c(Br)cc(Br)cc1Br. The van der Waals surface area contributed by atoms with Crippen molar-refractivity contribution in [2.45, 2.75) is 0 Å². The fourth-order valence-electron chi connectivity index (χ4n) is 0.572. The van der Waals surface area contributed by atoms with E-state index < -0.39 is 7.32 Å². The second kappa shape index (κ2) is 7.49. The second-order valence-corrected chi connectivity index (χ2v) is 6.30. The van der Waals surface area contributed by atoms with E-state index in [0.29, 0.717) is 0 Å². The van der Waals surface area contributed by atoms with Gasteiger partial charge in [0, 0.05) is 0 Å². The zero-order valence-corrected chi connectivity index (χ0v) is 14.6. The van der Waals surface area contributed by atoms with Crippen LogP contribution in [0.1, 0.15) is 0 Å². The fraction of sp³-hybridized carbons (Fsp3) is 0. The van der Waals surface area contributed by atoms with Crippen LogP contribution >= 0.6 is 47.8 Å². The van der Waals surface area contributed by atoms with E-state index in [1.807, 2.05) is 0 Å². The van der Waals surface area contributed by atoms with E-state index in [4.69, 9.17) is 15.1 Å². The van der Waals surface area contributed by atoms with Crippen LogP contribution in [0.2, 0.25) is 0 Å². The standard InChI is InChI=1S/C6H2Br3.BH3O3.Zn/c7-4-1-5(8)3-6(9)2-4;2-1(3)4;/h1-2H;2-4H;. The molecule has 0 fully saturated rings. The van der Waals surface area contributed by atoms with Gasteiger partial charge < -0.3 is 15.1 Å². The van der Waals surface area contributed by atoms with Crippen molar-refractivity contribution in [1.29, 1.82) is 0 Å². The third-order valence-electron chi connectivity index (χ3n) is 1.11. The van der Waals surface area contributed by atoms with E-state index in [0.717, 1.165) is 22.8 Å². The van der Waals surface area contributed by atoms with Crippen molar-refractivity contribution in [3.8, 4) is 0 Å². The molecule has 0 aliphatic carbocycles. The van der Waals surface area contributed by atoms with E-state index >= 15 is 0 Å². The molecule has 0 heterocycles. The van der Waals surface area contributed by atoms with Gasteiger partial charge in [0.25, 0.3) is 0 Å². The van der Waals surface area contributed by atoms with Crippen molar-refractivity contribution in [2.24, 2.45) is 0 Å². The molecule has 0 radical (unpaired) electrons. The van der Waals surface area contributed by atoms with Crippen molar-refractivity contribution in [3.63, 3.8) is 0 Å². The summed E-state index contributed by atoms with van der Waals surface area (Å²) in [5.74, 6) is 0. The number of hydrogen-bond acceptors (Lipinski definition) is 3. The molecule has 3 nitrogen and oxygen atoms in total. The maximum atomic E-state index is 7.17. The third kappa shape index (κ3) is 6.66. The van der Waals surface area contributed by atoms with Gasteiger partial charge in [-0.15, -0.1) is 0 Å². The summed E-state index contributed by atoms with van der Waals surface area (Å²) >= 11 is 11.5. The molecule has 3 N–H and O–H groups in total. The van der Waals surface area contributed by atoms with Crippen LogP contribution in [0.25, 0.3) is 0 Å². The minimum atomic E-state index is -2.17. The first-order chi connectivity index (χ1) is 6.34. The molecule has 0 spiro atoms. The van der Waals surface area contributed by atoms with Crippen molar-refractivity contribution in [3.05, 3.63) is 25.6 Å². The van der Waals surface area contributed by atoms with Gasteiger partial charge in [-0.2, -0.15) is 0 Å². The number of rotatable bonds is 0. The van der Waals surface area contributed by atoms with Crippen molar-refractivity contribution in [1.82, 2.24) is 0 Å². The first kappa shape index (κ1) is 15.2. The molecule has 1 rings (SSSR count). The van der Waals surface area contributed by atoms with Crippen LogP contribution in [0.15, 0.2) is 25.6 Å². The molecule has 0 aliphatic heterocycles. The molecule has 8 heteroatoms. The molecule has 0 aromatic heterocycles. The number of hydrogen-bond donors (Lipinski definition) is 3. The van der Waals surface area contributed by atoms with Crippen LogP contribution in [0.5, 0.6) is 0 Å². The second-order valence-electron chi connectivity index (χ2n) is 2.19. The Bertz CT molecular complexity index is 285. The van der Waals surface area contributed by atoms with Gasteiger partial charge in [-0.3, -0.25) is 0 Å². The zero-order chi connectivity index (χ0) is 11.3. The normalized spacial score (nSPS) is 9.14. The van der Waals surface area contributed by atoms with Crippen LogP contribution in [0.4, 0.5) is 0 Å². The summed E-state index contributed by atoms with van der Waals surface area (Å²) in [5, 5.41) is 21.5. The Balaban J connectivity index is 0.000000364. The molecule has 0 saturated carbocycles. The van der Waals surface area contributed by atoms with Gasteiger partial charge in [-0.25, -0.2) is 0 Å². The van der Waals surface area contributed by atoms with Crippen molar-refractivity contribution >= 4 is 59.3 Å². The first-order valence-corrected chi connectivity index (χ1v) is 7.21. The topological polar surface area (TPSA) is 60.7 Å². The molecule has 0 amide bonds. The van der Waals surface area contributed by atoms with E-state index in [2.05, 4.69) is 59.9 Å². The number of benzene rings is 1. The Morgan fingerprint density at radius 2 is 1.29 bits per heavy atom. The molecular weight excluding hydrogens is 436 g/mol. The van der Waals surface area contributed by atoms with Crippen molar-refractivity contribution in [2.75, 3.05) is 0 Å². The molecule has 0 bridgehead atoms. The molecule has 73 valence electrons. The molecule has 0 saturated heterocycles. The molecule has 0 atom stereocenters. The van der Waals surface area contributed by atoms with Gasteiger partial charge in [0.15, 0.2) is 0 Å². The maximum absolute atomic E-state index is 7.17. The minimum absolute atomic E-state index is 1.10. The first-order valence-electron chi connectivity index (χ1n) is 3.35. The third-order valence-corrected chi connectivity index (χ3v) is 6.75. The van der Waals surface area contributed by atoms with E-state index in [-0.39, 0.29) is 0 Å². The Morgan fingerprint density at radius 3 is 1.57 bits per heavy atom. The van der Waals surface area contributed by atoms with Crippen LogP contribution < -0.4 is 4.16 Å². The van der Waals surface area contributed by atoms with E-state index in [9.17, 15) is 0 Å². The van der Waals surface area contributed by atoms with Gasteiger partial charge in [-0.05, 0) is 0 Å². The van der Waals surface area contributed by atoms with Crippen LogP contribution in [0.3, 0.4) is 0 Å². The molecule has 1 aromatic carbocycles. The summed E-state index contributed by atoms with van der Waals surface area (Å²) in [6.45, 7) is 0. The summed E-state index contributed by atoms with van der Waals surface area (Å²) < 4.78 is 4.80. The van der Waals surface area contributed by atoms with Gasteiger partial charge in [0.2, 0.25) is 0 Å². The predicted octanol–water partition coefficient (Wildman–Crippen LogP) is 1.09. The van der Waals surface area contributed by atoms with Crippen LogP contribution in [0, 0.1) is 0 Å². The van der Waals surface area contributed by atoms with E-state index in [1.54, 1.807) is 0 Å². The predicted molar refractivity (Wildman–Crippen MR) is 61.6 cm³/mol. The molecular formula is C6H5BBr3O3Zn. The zero-order valence-electron chi connectivity index (χ0n) is 6.91. The molecule has 0 unspecified atom stereocenters. The Labute approximate surface area is 117 Å². The average molecular weight is 441 g/mol. The monoisotopic (exact) mass is 437 g/mol. The Kier molecular flexibility index (Phi) is 8.15. The van der Waals surface area contributed by atoms with Crippen molar-refractivity contribution < 1.29 is 33.4 Å². The summed E-state index contributed by atoms with van der Waals surface area (Å²) in [6, 6.07) is 4.12. The van der Waals surface area contributed by atoms with Gasteiger partial charge in [-0.1, -0.05) is 0 Å². The Morgan fingerprint density at radius 1 is 1.00 bits per heavy atom. The quantitative estimate of drug-likeness (QED) is 0.529. The molecule has 14 heavy (non-hydrogen) atoms. The average Bonchev–Trinajstić information content (AvgIpc) is 1.98. The fourth-order valence-corrected chi connectivity index (χ4v) is 3.26. The van der Waals surface area contributed by atoms with Gasteiger partial charge in [0.05, 0.1) is 0 Å². The summed E-state index contributed by atoms with van der Waals surface area (Å²) in [7, 11) is -2.17. The molecule has 1 aromatic rings. The Hall–Kier alpha value is 1.23. The van der Waals surface area contributed by atoms with Crippen LogP contribution in [-0.4, -0.2) is 22.4 Å². The summed E-state index contributed by atoms with van der Waals surface area (Å²) in [6.07, 6.45) is 0. The molecule has 0 aliphatic rings. The summed E-state index contributed by atoms with van der Waals surface area (Å²) in [4.78, 5) is 0. The van der Waals surface area contributed by atoms with Crippen LogP contribution in [-0.2, 0) is 18.3 Å². The summed E-state index contributed by atoms with van der Waals surface area (Å²) in [5.41, 5.74) is 0. The van der Waals surface area contributed by atoms with Gasteiger partial charge in [0.1, 0.15) is 0 Å². The van der Waals surface area contributed by atoms with E-state index in [1.165, 1.54) is 13.1 Å². The van der Waals surface area contributed by atoms with Gasteiger partial charge >= 0.3 is 103 Å².